The fraction of sp³-hybridized carbons (Fsp3) is 0.600. The van der Waals surface area contributed by atoms with Crippen LogP contribution in [0.5, 0.6) is 0 Å². The van der Waals surface area contributed by atoms with Crippen LogP contribution in [0.3, 0.4) is 0 Å². The summed E-state index contributed by atoms with van der Waals surface area (Å²) in [7, 11) is 2.19. The molecule has 0 aliphatic carbocycles. The molecule has 3 nitrogen and oxygen atoms in total. The smallest absolute Gasteiger partial charge is 0.0497 e. The monoisotopic (exact) mass is 281 g/mol. The van der Waals surface area contributed by atoms with Crippen LogP contribution in [0, 0.1) is 0 Å². The van der Waals surface area contributed by atoms with Gasteiger partial charge >= 0.3 is 0 Å². The molecule has 4 heteroatoms. The Morgan fingerprint density at radius 3 is 2.42 bits per heavy atom. The molecule has 2 atom stereocenters. The summed E-state index contributed by atoms with van der Waals surface area (Å²) in [4.78, 5) is 4.90. The van der Waals surface area contributed by atoms with Crippen LogP contribution in [0.25, 0.3) is 0 Å². The van der Waals surface area contributed by atoms with Gasteiger partial charge in [0.1, 0.15) is 0 Å². The van der Waals surface area contributed by atoms with E-state index >= 15 is 0 Å². The Hall–Kier alpha value is -0.610. The van der Waals surface area contributed by atoms with Crippen molar-refractivity contribution in [2.75, 3.05) is 33.2 Å². The normalized spacial score (nSPS) is 21.9. The predicted molar refractivity (Wildman–Crippen MR) is 81.5 cm³/mol. The van der Waals surface area contributed by atoms with E-state index in [1.807, 2.05) is 12.1 Å². The lowest BCUT2D eigenvalue weighted by molar-refractivity contribution is 0.182. The highest BCUT2D eigenvalue weighted by atomic mass is 35.5. The van der Waals surface area contributed by atoms with Gasteiger partial charge < -0.3 is 10.6 Å². The number of likely N-dealkylation sites (N-methyl/N-ethyl adjacent to an activating group) is 1. The van der Waals surface area contributed by atoms with Crippen molar-refractivity contribution in [3.05, 3.63) is 34.9 Å². The maximum absolute atomic E-state index is 6.23. The molecule has 2 rings (SSSR count). The van der Waals surface area contributed by atoms with E-state index in [0.29, 0.717) is 0 Å². The summed E-state index contributed by atoms with van der Waals surface area (Å²) in [6.07, 6.45) is 1.20. The van der Waals surface area contributed by atoms with Gasteiger partial charge in [0.05, 0.1) is 0 Å². The zero-order chi connectivity index (χ0) is 13.8. The van der Waals surface area contributed by atoms with Crippen molar-refractivity contribution in [1.82, 2.24) is 9.80 Å². The summed E-state index contributed by atoms with van der Waals surface area (Å²) in [5.74, 6) is 0. The van der Waals surface area contributed by atoms with E-state index in [1.54, 1.807) is 0 Å². The van der Waals surface area contributed by atoms with E-state index < -0.39 is 0 Å². The van der Waals surface area contributed by atoms with E-state index in [-0.39, 0.29) is 12.1 Å². The summed E-state index contributed by atoms with van der Waals surface area (Å²) in [6, 6.07) is 8.51. The minimum atomic E-state index is 0.115. The Morgan fingerprint density at radius 1 is 1.11 bits per heavy atom. The third kappa shape index (κ3) is 3.93. The summed E-state index contributed by atoms with van der Waals surface area (Å²) in [5.41, 5.74) is 7.50. The lowest BCUT2D eigenvalue weighted by Crippen LogP contribution is -2.41. The molecule has 0 radical (unpaired) electrons. The molecule has 2 unspecified atom stereocenters. The Balaban J connectivity index is 2.17. The van der Waals surface area contributed by atoms with Crippen LogP contribution >= 0.6 is 11.6 Å². The first-order valence-electron chi connectivity index (χ1n) is 7.01. The van der Waals surface area contributed by atoms with Crippen molar-refractivity contribution < 1.29 is 0 Å². The number of hydrogen-bond acceptors (Lipinski definition) is 3. The highest BCUT2D eigenvalue weighted by Gasteiger charge is 2.25. The summed E-state index contributed by atoms with van der Waals surface area (Å²) in [5, 5.41) is 0.780. The summed E-state index contributed by atoms with van der Waals surface area (Å²) in [6.45, 7) is 6.55. The molecule has 1 aromatic carbocycles. The molecular weight excluding hydrogens is 258 g/mol. The highest BCUT2D eigenvalue weighted by Crippen LogP contribution is 2.26. The number of halogens is 1. The largest absolute Gasteiger partial charge is 0.326 e. The van der Waals surface area contributed by atoms with E-state index in [4.69, 9.17) is 17.3 Å². The second-order valence-corrected chi connectivity index (χ2v) is 5.98. The maximum atomic E-state index is 6.23. The fourth-order valence-corrected chi connectivity index (χ4v) is 2.98. The van der Waals surface area contributed by atoms with Crippen molar-refractivity contribution in [3.63, 3.8) is 0 Å². The van der Waals surface area contributed by atoms with Crippen LogP contribution < -0.4 is 5.73 Å². The molecule has 1 aliphatic rings. The zero-order valence-corrected chi connectivity index (χ0v) is 12.6. The van der Waals surface area contributed by atoms with Crippen LogP contribution in [0.1, 0.15) is 24.9 Å². The minimum Gasteiger partial charge on any atom is -0.326 e. The summed E-state index contributed by atoms with van der Waals surface area (Å²) >= 11 is 5.98. The molecule has 1 fully saturated rings. The second-order valence-electron chi connectivity index (χ2n) is 5.55. The van der Waals surface area contributed by atoms with Gasteiger partial charge in [0, 0.05) is 36.7 Å². The molecule has 19 heavy (non-hydrogen) atoms. The molecule has 0 amide bonds. The van der Waals surface area contributed by atoms with E-state index in [2.05, 4.69) is 35.9 Å². The van der Waals surface area contributed by atoms with Crippen LogP contribution in [-0.4, -0.2) is 49.1 Å². The first-order valence-corrected chi connectivity index (χ1v) is 7.39. The maximum Gasteiger partial charge on any atom is 0.0497 e. The average Bonchev–Trinajstić information content (AvgIpc) is 2.57. The first kappa shape index (κ1) is 14.8. The van der Waals surface area contributed by atoms with E-state index in [1.165, 1.54) is 18.5 Å². The van der Waals surface area contributed by atoms with Gasteiger partial charge in [-0.1, -0.05) is 23.7 Å². The molecule has 106 valence electrons. The van der Waals surface area contributed by atoms with Gasteiger partial charge in [-0.15, -0.1) is 0 Å². The first-order chi connectivity index (χ1) is 9.08. The third-order valence-corrected chi connectivity index (χ3v) is 4.11. The number of nitrogens with zero attached hydrogens (tertiary/aromatic N) is 2. The molecule has 1 heterocycles. The number of nitrogens with two attached hydrogens (primary N) is 1. The number of hydrogen-bond donors (Lipinski definition) is 1. The van der Waals surface area contributed by atoms with Crippen molar-refractivity contribution in [1.29, 1.82) is 0 Å². The van der Waals surface area contributed by atoms with E-state index in [0.717, 1.165) is 24.7 Å². The molecule has 1 saturated heterocycles. The number of rotatable bonds is 3. The van der Waals surface area contributed by atoms with Crippen molar-refractivity contribution >= 4 is 11.6 Å². The Bertz CT molecular complexity index is 391. The summed E-state index contributed by atoms with van der Waals surface area (Å²) < 4.78 is 0. The quantitative estimate of drug-likeness (QED) is 0.923. The fourth-order valence-electron chi connectivity index (χ4n) is 2.85. The standard InChI is InChI=1S/C15H24ClN3/c1-12(17)15(13-4-6-14(16)7-5-13)19-9-3-8-18(2)10-11-19/h4-7,12,15H,3,8-11,17H2,1-2H3. The van der Waals surface area contributed by atoms with Crippen LogP contribution in [0.15, 0.2) is 24.3 Å². The Morgan fingerprint density at radius 2 is 1.79 bits per heavy atom. The predicted octanol–water partition coefficient (Wildman–Crippen LogP) is 2.37. The zero-order valence-electron chi connectivity index (χ0n) is 11.8. The molecule has 2 N–H and O–H groups in total. The van der Waals surface area contributed by atoms with Crippen LogP contribution in [-0.2, 0) is 0 Å². The molecule has 0 saturated carbocycles. The molecule has 1 aromatic rings. The van der Waals surface area contributed by atoms with Crippen molar-refractivity contribution in [3.8, 4) is 0 Å². The highest BCUT2D eigenvalue weighted by molar-refractivity contribution is 6.30. The lowest BCUT2D eigenvalue weighted by atomic mass is 9.99. The average molecular weight is 282 g/mol. The molecule has 0 aromatic heterocycles. The van der Waals surface area contributed by atoms with Gasteiger partial charge in [-0.25, -0.2) is 0 Å². The lowest BCUT2D eigenvalue weighted by Gasteiger charge is -2.33. The van der Waals surface area contributed by atoms with Gasteiger partial charge in [0.2, 0.25) is 0 Å². The molecular formula is C15H24ClN3. The van der Waals surface area contributed by atoms with Gasteiger partial charge in [-0.2, -0.15) is 0 Å². The molecule has 1 aliphatic heterocycles. The molecule has 0 spiro atoms. The van der Waals surface area contributed by atoms with Crippen molar-refractivity contribution in [2.24, 2.45) is 5.73 Å². The van der Waals surface area contributed by atoms with E-state index in [9.17, 15) is 0 Å². The van der Waals surface area contributed by atoms with Gasteiger partial charge in [0.25, 0.3) is 0 Å². The Kier molecular flexibility index (Phi) is 5.22. The number of benzene rings is 1. The van der Waals surface area contributed by atoms with Crippen LogP contribution in [0.4, 0.5) is 0 Å². The topological polar surface area (TPSA) is 32.5 Å². The van der Waals surface area contributed by atoms with Crippen LogP contribution in [0.2, 0.25) is 5.02 Å². The molecule has 0 bridgehead atoms. The third-order valence-electron chi connectivity index (χ3n) is 3.86. The Labute approximate surface area is 121 Å². The van der Waals surface area contributed by atoms with Crippen molar-refractivity contribution in [2.45, 2.75) is 25.4 Å². The van der Waals surface area contributed by atoms with Gasteiger partial charge in [0.15, 0.2) is 0 Å². The van der Waals surface area contributed by atoms with Gasteiger partial charge in [-0.05, 0) is 44.6 Å². The van der Waals surface area contributed by atoms with Gasteiger partial charge in [-0.3, -0.25) is 4.90 Å². The minimum absolute atomic E-state index is 0.115. The second kappa shape index (κ2) is 6.71. The SMILES string of the molecule is CC(N)C(c1ccc(Cl)cc1)N1CCCN(C)CC1.